The standard InChI is InChI=1S/C41H51N3O4S/c1-7-30(2)37(38(45)43-27-31-23-25-36(47-6)26-24-31)42-28-35(44-39(46)48-40(3,4)5)29-49-41(32-17-11-8-12-18-32,33-19-13-9-14-20-33)34-21-15-10-16-22-34/h8-26,30,35,37,42H,7,27-29H2,1-6H3,(H,43,45)(H,44,46)/t30-,35+,37-/m0/s1. The number of amides is 2. The third-order valence-electron chi connectivity index (χ3n) is 8.47. The molecule has 0 aliphatic carbocycles. The molecule has 7 nitrogen and oxygen atoms in total. The summed E-state index contributed by atoms with van der Waals surface area (Å²) in [5.74, 6) is 1.28. The minimum atomic E-state index is -0.655. The van der Waals surface area contributed by atoms with Gasteiger partial charge in [-0.25, -0.2) is 4.79 Å². The third-order valence-corrected chi connectivity index (χ3v) is 10.2. The first kappa shape index (κ1) is 37.5. The van der Waals surface area contributed by atoms with Crippen molar-refractivity contribution in [3.8, 4) is 5.75 Å². The predicted molar refractivity (Wildman–Crippen MR) is 201 cm³/mol. The second-order valence-corrected chi connectivity index (χ2v) is 14.5. The molecule has 4 aromatic rings. The Labute approximate surface area is 296 Å². The van der Waals surface area contributed by atoms with Gasteiger partial charge in [-0.3, -0.25) is 4.79 Å². The fourth-order valence-corrected chi connectivity index (χ4v) is 7.28. The van der Waals surface area contributed by atoms with Crippen LogP contribution >= 0.6 is 11.8 Å². The van der Waals surface area contributed by atoms with Gasteiger partial charge in [-0.1, -0.05) is 123 Å². The van der Waals surface area contributed by atoms with Crippen molar-refractivity contribution in [2.45, 2.75) is 70.0 Å². The normalized spacial score (nSPS) is 13.5. The van der Waals surface area contributed by atoms with E-state index in [9.17, 15) is 9.59 Å². The van der Waals surface area contributed by atoms with E-state index in [-0.39, 0.29) is 17.9 Å². The molecule has 2 amide bonds. The summed E-state index contributed by atoms with van der Waals surface area (Å²) in [5, 5.41) is 9.77. The van der Waals surface area contributed by atoms with Crippen LogP contribution in [0.5, 0.6) is 5.75 Å². The van der Waals surface area contributed by atoms with E-state index in [1.54, 1.807) is 18.9 Å². The molecule has 4 rings (SSSR count). The number of hydrogen-bond acceptors (Lipinski definition) is 6. The highest BCUT2D eigenvalue weighted by molar-refractivity contribution is 8.00. The number of hydrogen-bond donors (Lipinski definition) is 3. The summed E-state index contributed by atoms with van der Waals surface area (Å²) in [6.45, 7) is 10.5. The topological polar surface area (TPSA) is 88.7 Å². The van der Waals surface area contributed by atoms with Crippen LogP contribution in [0.4, 0.5) is 4.79 Å². The molecule has 0 saturated heterocycles. The average Bonchev–Trinajstić information content (AvgIpc) is 3.11. The Morgan fingerprint density at radius 2 is 1.29 bits per heavy atom. The molecule has 0 spiro atoms. The van der Waals surface area contributed by atoms with Crippen LogP contribution in [0.1, 0.15) is 63.3 Å². The number of ether oxygens (including phenoxy) is 2. The number of thioether (sulfide) groups is 1. The lowest BCUT2D eigenvalue weighted by Gasteiger charge is -2.37. The Balaban J connectivity index is 1.62. The van der Waals surface area contributed by atoms with Crippen molar-refractivity contribution in [1.82, 2.24) is 16.0 Å². The van der Waals surface area contributed by atoms with Crippen molar-refractivity contribution < 1.29 is 19.1 Å². The number of alkyl carbamates (subject to hydrolysis) is 1. The van der Waals surface area contributed by atoms with Crippen molar-refractivity contribution >= 4 is 23.8 Å². The molecule has 260 valence electrons. The van der Waals surface area contributed by atoms with Crippen molar-refractivity contribution in [1.29, 1.82) is 0 Å². The fraction of sp³-hybridized carbons (Fsp3) is 0.366. The largest absolute Gasteiger partial charge is 0.497 e. The van der Waals surface area contributed by atoms with Gasteiger partial charge >= 0.3 is 6.09 Å². The molecule has 0 heterocycles. The van der Waals surface area contributed by atoms with E-state index in [2.05, 4.69) is 103 Å². The molecular formula is C41H51N3O4S. The lowest BCUT2D eigenvalue weighted by Crippen LogP contribution is -2.53. The minimum absolute atomic E-state index is 0.0581. The summed E-state index contributed by atoms with van der Waals surface area (Å²) in [6.07, 6.45) is 0.319. The van der Waals surface area contributed by atoms with E-state index in [0.29, 0.717) is 18.8 Å². The van der Waals surface area contributed by atoms with Gasteiger partial charge in [0.25, 0.3) is 0 Å². The fourth-order valence-electron chi connectivity index (χ4n) is 5.72. The second-order valence-electron chi connectivity index (χ2n) is 13.3. The highest BCUT2D eigenvalue weighted by Gasteiger charge is 2.38. The van der Waals surface area contributed by atoms with Crippen LogP contribution in [0.15, 0.2) is 115 Å². The molecule has 0 aliphatic heterocycles. The van der Waals surface area contributed by atoms with Crippen LogP contribution in [-0.2, 0) is 20.8 Å². The summed E-state index contributed by atoms with van der Waals surface area (Å²) >= 11 is 1.76. The summed E-state index contributed by atoms with van der Waals surface area (Å²) in [5.41, 5.74) is 3.74. The SMILES string of the molecule is CC[C@H](C)[C@H](NC[C@H](CSC(c1ccccc1)(c1ccccc1)c1ccccc1)NC(=O)OC(C)(C)C)C(=O)NCc1ccc(OC)cc1. The van der Waals surface area contributed by atoms with Crippen molar-refractivity contribution in [2.75, 3.05) is 19.4 Å². The minimum Gasteiger partial charge on any atom is -0.497 e. The monoisotopic (exact) mass is 681 g/mol. The van der Waals surface area contributed by atoms with Gasteiger partial charge in [0.05, 0.1) is 23.9 Å². The maximum atomic E-state index is 13.6. The van der Waals surface area contributed by atoms with E-state index >= 15 is 0 Å². The van der Waals surface area contributed by atoms with Crippen molar-refractivity contribution in [3.05, 3.63) is 138 Å². The van der Waals surface area contributed by atoms with Crippen molar-refractivity contribution in [3.63, 3.8) is 0 Å². The highest BCUT2D eigenvalue weighted by Crippen LogP contribution is 2.48. The molecule has 3 atom stereocenters. The summed E-state index contributed by atoms with van der Waals surface area (Å²) < 4.78 is 10.4. The zero-order valence-corrected chi connectivity index (χ0v) is 30.4. The zero-order chi connectivity index (χ0) is 35.3. The molecule has 49 heavy (non-hydrogen) atoms. The molecule has 0 aromatic heterocycles. The maximum absolute atomic E-state index is 13.6. The van der Waals surface area contributed by atoms with E-state index < -0.39 is 22.5 Å². The van der Waals surface area contributed by atoms with E-state index in [1.807, 2.05) is 63.2 Å². The van der Waals surface area contributed by atoms with E-state index in [1.165, 1.54) is 0 Å². The first-order chi connectivity index (χ1) is 23.6. The molecule has 0 bridgehead atoms. The molecule has 0 unspecified atom stereocenters. The van der Waals surface area contributed by atoms with Gasteiger partial charge in [0.1, 0.15) is 11.4 Å². The van der Waals surface area contributed by atoms with Crippen LogP contribution in [0.25, 0.3) is 0 Å². The molecule has 4 aromatic carbocycles. The second kappa shape index (κ2) is 17.9. The third kappa shape index (κ3) is 10.6. The quantitative estimate of drug-likeness (QED) is 0.104. The Bertz CT molecular complexity index is 1480. The first-order valence-electron chi connectivity index (χ1n) is 17.0. The molecule has 0 saturated carbocycles. The Kier molecular flexibility index (Phi) is 13.7. The van der Waals surface area contributed by atoms with Crippen LogP contribution in [-0.4, -0.2) is 49.1 Å². The Morgan fingerprint density at radius 1 is 0.776 bits per heavy atom. The molecule has 8 heteroatoms. The summed E-state index contributed by atoms with van der Waals surface area (Å²) in [4.78, 5) is 26.8. The number of nitrogens with one attached hydrogen (secondary N) is 3. The van der Waals surface area contributed by atoms with Gasteiger partial charge in [0, 0.05) is 18.8 Å². The predicted octanol–water partition coefficient (Wildman–Crippen LogP) is 7.93. The van der Waals surface area contributed by atoms with Crippen LogP contribution in [0.2, 0.25) is 0 Å². The van der Waals surface area contributed by atoms with Crippen molar-refractivity contribution in [2.24, 2.45) is 5.92 Å². The van der Waals surface area contributed by atoms with Crippen LogP contribution in [0, 0.1) is 5.92 Å². The Morgan fingerprint density at radius 3 is 1.73 bits per heavy atom. The molecule has 3 N–H and O–H groups in total. The number of carbonyl (C=O) groups excluding carboxylic acids is 2. The lowest BCUT2D eigenvalue weighted by atomic mass is 9.84. The molecular weight excluding hydrogens is 631 g/mol. The number of benzene rings is 4. The van der Waals surface area contributed by atoms with Gasteiger partial charge in [-0.15, -0.1) is 11.8 Å². The van der Waals surface area contributed by atoms with Gasteiger partial charge < -0.3 is 25.4 Å². The highest BCUT2D eigenvalue weighted by atomic mass is 32.2. The molecule has 0 aliphatic rings. The first-order valence-corrected chi connectivity index (χ1v) is 18.0. The van der Waals surface area contributed by atoms with Crippen LogP contribution in [0.3, 0.4) is 0 Å². The van der Waals surface area contributed by atoms with Gasteiger partial charge in [0.2, 0.25) is 5.91 Å². The van der Waals surface area contributed by atoms with Crippen LogP contribution < -0.4 is 20.7 Å². The lowest BCUT2D eigenvalue weighted by molar-refractivity contribution is -0.124. The number of carbonyl (C=O) groups is 2. The van der Waals surface area contributed by atoms with Gasteiger partial charge in [0.15, 0.2) is 0 Å². The number of methoxy groups -OCH3 is 1. The molecule has 0 radical (unpaired) electrons. The smallest absolute Gasteiger partial charge is 0.407 e. The summed E-state index contributed by atoms with van der Waals surface area (Å²) in [7, 11) is 1.63. The average molecular weight is 682 g/mol. The van der Waals surface area contributed by atoms with E-state index in [0.717, 1.165) is 34.4 Å². The number of rotatable bonds is 16. The summed E-state index contributed by atoms with van der Waals surface area (Å²) in [6, 6.07) is 38.3. The van der Waals surface area contributed by atoms with E-state index in [4.69, 9.17) is 9.47 Å². The maximum Gasteiger partial charge on any atom is 0.407 e. The Hall–Kier alpha value is -4.27. The van der Waals surface area contributed by atoms with Gasteiger partial charge in [-0.2, -0.15) is 0 Å². The van der Waals surface area contributed by atoms with Gasteiger partial charge in [-0.05, 0) is 61.1 Å². The zero-order valence-electron chi connectivity index (χ0n) is 29.6. The molecule has 0 fully saturated rings.